The van der Waals surface area contributed by atoms with Crippen LogP contribution in [0.4, 0.5) is 17.5 Å². The molecule has 23 nitrogen and oxygen atoms in total. The van der Waals surface area contributed by atoms with Crippen LogP contribution in [-0.2, 0) is 37.5 Å². The zero-order chi connectivity index (χ0) is 95.4. The molecule has 14 aromatic rings. The highest BCUT2D eigenvalue weighted by atomic mass is 35.5. The van der Waals surface area contributed by atoms with Crippen molar-refractivity contribution in [2.75, 3.05) is 42.3 Å². The number of carbonyl (C=O) groups excluding carboxylic acids is 8. The number of anilines is 3. The lowest BCUT2D eigenvalue weighted by Crippen LogP contribution is -2.25. The first-order chi connectivity index (χ1) is 63.3. The number of H-pyrrole nitrogens is 1. The van der Waals surface area contributed by atoms with Crippen LogP contribution >= 0.6 is 112 Å². The van der Waals surface area contributed by atoms with Crippen molar-refractivity contribution in [3.05, 3.63) is 426 Å². The maximum atomic E-state index is 12.8. The number of aromatic amines is 1. The summed E-state index contributed by atoms with van der Waals surface area (Å²) in [5, 5.41) is 19.7. The number of carboxylic acid groups (broad SMARTS) is 1. The molecule has 15 rings (SSSR count). The van der Waals surface area contributed by atoms with Crippen LogP contribution in [0.5, 0.6) is 0 Å². The predicted molar refractivity (Wildman–Crippen MR) is 544 cm³/mol. The maximum absolute atomic E-state index is 12.8. The molecular formula is C101H88BCl9N8O15P. The van der Waals surface area contributed by atoms with Crippen molar-refractivity contribution in [3.63, 3.8) is 0 Å². The first-order valence-electron chi connectivity index (χ1n) is 39.7. The maximum Gasteiger partial charge on any atom is 0.341 e. The van der Waals surface area contributed by atoms with Crippen molar-refractivity contribution in [2.24, 2.45) is 0 Å². The number of rotatable bonds is 23. The van der Waals surface area contributed by atoms with E-state index in [-0.39, 0.29) is 104 Å². The van der Waals surface area contributed by atoms with Gasteiger partial charge in [-0.3, -0.25) is 47.7 Å². The summed E-state index contributed by atoms with van der Waals surface area (Å²) in [4.78, 5) is 137. The molecule has 693 valence electrons. The van der Waals surface area contributed by atoms with Crippen molar-refractivity contribution in [2.45, 2.75) is 48.0 Å². The first kappa shape index (κ1) is 111. The van der Waals surface area contributed by atoms with Gasteiger partial charge in [-0.1, -0.05) is 180 Å². The van der Waals surface area contributed by atoms with Gasteiger partial charge >= 0.3 is 19.5 Å². The number of benzene rings is 9. The fraction of sp³-hybridized carbons (Fsp3) is 0.109. The highest BCUT2D eigenvalue weighted by molar-refractivity contribution is 7.54. The van der Waals surface area contributed by atoms with Gasteiger partial charge in [-0.25, -0.2) is 24.7 Å². The van der Waals surface area contributed by atoms with Gasteiger partial charge in [0, 0.05) is 171 Å². The zero-order valence-electron chi connectivity index (χ0n) is 70.6. The molecule has 6 heterocycles. The third-order valence-corrected chi connectivity index (χ3v) is 22.2. The summed E-state index contributed by atoms with van der Waals surface area (Å²) in [7, 11) is -3.28. The van der Waals surface area contributed by atoms with Crippen molar-refractivity contribution in [1.29, 1.82) is 0 Å². The number of nitrogen functional groups attached to an aromatic ring is 1. The van der Waals surface area contributed by atoms with Crippen molar-refractivity contribution in [3.8, 4) is 11.1 Å². The Bertz CT molecular complexity index is 6580. The second kappa shape index (κ2) is 55.7. The molecule has 3 radical (unpaired) electrons. The van der Waals surface area contributed by atoms with E-state index in [1.165, 1.54) is 43.0 Å². The van der Waals surface area contributed by atoms with Gasteiger partial charge in [0.05, 0.1) is 19.8 Å². The molecule has 0 spiro atoms. The molecule has 0 saturated heterocycles. The molecule has 34 heteroatoms. The summed E-state index contributed by atoms with van der Waals surface area (Å²) < 4.78 is 26.3. The topological polar surface area (TPSA) is 353 Å². The quantitative estimate of drug-likeness (QED) is 0.00991. The summed E-state index contributed by atoms with van der Waals surface area (Å²) in [5.41, 5.74) is 14.9. The number of nitrogens with one attached hydrogen (secondary N) is 3. The fourth-order valence-corrected chi connectivity index (χ4v) is 15.0. The lowest BCUT2D eigenvalue weighted by Gasteiger charge is -2.25. The van der Waals surface area contributed by atoms with Crippen LogP contribution in [0.3, 0.4) is 0 Å². The molecule has 1 unspecified atom stereocenters. The molecule has 1 atom stereocenters. The summed E-state index contributed by atoms with van der Waals surface area (Å²) in [6, 6.07) is 73.7. The van der Waals surface area contributed by atoms with E-state index < -0.39 is 19.5 Å². The van der Waals surface area contributed by atoms with Crippen LogP contribution in [0.15, 0.2) is 303 Å². The molecular weight excluding hydrogens is 1930 g/mol. The van der Waals surface area contributed by atoms with Crippen LogP contribution in [0.1, 0.15) is 146 Å². The van der Waals surface area contributed by atoms with Gasteiger partial charge in [0.25, 0.3) is 0 Å². The molecule has 1 aliphatic heterocycles. The average molecular weight is 2020 g/mol. The largest absolute Gasteiger partial charge is 0.478 e. The Morgan fingerprint density at radius 3 is 1.33 bits per heavy atom. The van der Waals surface area contributed by atoms with Gasteiger partial charge in [-0.15, -0.1) is 0 Å². The predicted octanol–water partition coefficient (Wildman–Crippen LogP) is 25.6. The van der Waals surface area contributed by atoms with Crippen molar-refractivity contribution >= 4 is 214 Å². The normalized spacial score (nSPS) is 11.4. The van der Waals surface area contributed by atoms with Crippen molar-refractivity contribution in [1.82, 2.24) is 24.9 Å². The number of aliphatic carboxylic acids is 1. The number of fused-ring (bicyclic) bond motifs is 2. The lowest BCUT2D eigenvalue weighted by molar-refractivity contribution is -0.140. The van der Waals surface area contributed by atoms with Gasteiger partial charge in [0.1, 0.15) is 35.5 Å². The van der Waals surface area contributed by atoms with E-state index in [0.717, 1.165) is 40.2 Å². The zero-order valence-corrected chi connectivity index (χ0v) is 78.3. The number of nitrogens with two attached hydrogens (primary N) is 1. The van der Waals surface area contributed by atoms with Crippen LogP contribution in [0.2, 0.25) is 45.2 Å². The van der Waals surface area contributed by atoms with E-state index in [1.54, 1.807) is 251 Å². The Labute approximate surface area is 828 Å². The molecule has 0 saturated carbocycles. The van der Waals surface area contributed by atoms with E-state index >= 15 is 0 Å². The summed E-state index contributed by atoms with van der Waals surface area (Å²) in [6.45, 7) is 5.82. The monoisotopic (exact) mass is 2010 g/mol. The number of amides is 2. The number of aromatic nitrogens is 5. The van der Waals surface area contributed by atoms with E-state index in [2.05, 4.69) is 40.3 Å². The van der Waals surface area contributed by atoms with Gasteiger partial charge < -0.3 is 40.2 Å². The van der Waals surface area contributed by atoms with Gasteiger partial charge in [0.15, 0.2) is 23.1 Å². The fourth-order valence-electron chi connectivity index (χ4n) is 12.0. The van der Waals surface area contributed by atoms with Crippen LogP contribution in [0, 0.1) is 0 Å². The number of hydrogen-bond acceptors (Lipinski definition) is 19. The number of pyridine rings is 5. The number of carbonyl (C=O) groups is 9. The molecule has 1 aliphatic rings. The second-order valence-corrected chi connectivity index (χ2v) is 33.6. The van der Waals surface area contributed by atoms with E-state index in [1.807, 2.05) is 30.3 Å². The molecule has 5 aromatic heterocycles. The van der Waals surface area contributed by atoms with E-state index in [0.29, 0.717) is 129 Å². The van der Waals surface area contributed by atoms with Crippen LogP contribution in [0.25, 0.3) is 34.3 Å². The number of nitrogens with zero attached hydrogens (tertiary/aromatic N) is 4. The summed E-state index contributed by atoms with van der Waals surface area (Å²) in [6.07, 6.45) is 12.2. The Kier molecular flexibility index (Phi) is 45.8. The Hall–Kier alpha value is -12.9. The lowest BCUT2D eigenvalue weighted by atomic mass is 9.85. The number of aldehydes is 1. The number of ketones is 4. The van der Waals surface area contributed by atoms with Crippen molar-refractivity contribution < 1.29 is 68.0 Å². The third-order valence-electron chi connectivity index (χ3n) is 18.1. The minimum atomic E-state index is -3.28. The van der Waals surface area contributed by atoms with Crippen LogP contribution < -0.4 is 21.9 Å². The van der Waals surface area contributed by atoms with Crippen LogP contribution in [-0.4, -0.2) is 118 Å². The molecule has 0 bridgehead atoms. The number of carboxylic acids is 1. The molecule has 9 aromatic carbocycles. The molecule has 6 N–H and O–H groups in total. The average Bonchev–Trinajstić information content (AvgIpc) is 0.780. The number of esters is 1. The van der Waals surface area contributed by atoms with Gasteiger partial charge in [-0.05, 0) is 255 Å². The smallest absolute Gasteiger partial charge is 0.341 e. The molecule has 0 aliphatic carbocycles. The summed E-state index contributed by atoms with van der Waals surface area (Å²) >= 11 is 52.7. The molecule has 2 amide bonds. The standard InChI is InChI=1S/C21H14Cl2N2O2.C21H12Cl2N2O2.C21H14Cl2N2O2.C12H9ClN2O.C9H7ClO2.C8H17O5P.C7H5ClO.2CH4.B.H2/c2*22-15-6-4-12(5-7-15)20(27)14-9-18-17(13-2-1-3-16(23)8-13)10-19(26)25-21(18)24-11-14;22-17-8-5-15(6-9-17)21(27)16-7-10-19(24-13-16)25-20(26)11-4-14-2-1-3-18(23)12-14;13-10-4-1-8(2-5-10)12(16)9-3-6-11(14)15-7-9;10-8-3-1-2-7(6-8)4-5-9(11)12;1-4-11-8(9)7-14(10,12-5-2)13-6-3;8-7-3-1-2-6(4-7)5-9;;;;/h1-9,11,17H,10H2,(H,24,25,26);1-11H,(H,24,25,26);1-13H,(H,24,25,26);1-7H,(H2,14,15);1-6H,(H,11,12);4-7H2,1-3H3;1-5H;2*1H4;;1H/b;;11-4+;;5-4+;;;;;;/i;;;;;;;;;;1+1. The van der Waals surface area contributed by atoms with Gasteiger partial charge in [-0.2, -0.15) is 0 Å². The second-order valence-electron chi connectivity index (χ2n) is 27.6. The summed E-state index contributed by atoms with van der Waals surface area (Å²) in [5.74, 6) is -1.54. The Balaban J connectivity index is 0.000000288. The SMILES string of the molecule is C.C.CCOC(=O)CP(=O)(OCC)OCC.Nc1ccc(C(=O)c2ccc(Cl)cc2)cn1.O=C(/C=C/c1cccc(Cl)c1)Nc1ccc(C(=O)c2ccc(Cl)cc2)cn1.O=C(O)/C=C/c1cccc(Cl)c1.O=C(c1ccc(Cl)cc1)c1cnc2[nH]c(=O)cc(-c3cccc(Cl)c3)c2c1.O=C1CC(c2cccc(Cl)c2)c2cc(C(=O)c3ccc(Cl)cc3)cnc2N1.O=Cc1cccc(Cl)c1.[2HH].[B]. The minimum Gasteiger partial charge on any atom is -0.478 e. The third kappa shape index (κ3) is 35.8. The van der Waals surface area contributed by atoms with E-state index in [4.69, 9.17) is 124 Å². The number of ether oxygens (including phenoxy) is 1. The highest BCUT2D eigenvalue weighted by Gasteiger charge is 2.30. The highest BCUT2D eigenvalue weighted by Crippen LogP contribution is 2.48. The minimum absolute atomic E-state index is 0. The molecule has 135 heavy (non-hydrogen) atoms. The first-order valence-corrected chi connectivity index (χ1v) is 44.8. The van der Waals surface area contributed by atoms with Gasteiger partial charge in [0.2, 0.25) is 17.4 Å². The number of halogens is 9. The molecule has 0 fully saturated rings. The Morgan fingerprint density at radius 1 is 0.474 bits per heavy atom. The Morgan fingerprint density at radius 2 is 0.896 bits per heavy atom. The van der Waals surface area contributed by atoms with E-state index in [9.17, 15) is 52.5 Å². The number of hydrogen-bond donors (Lipinski definition) is 5.